The van der Waals surface area contributed by atoms with E-state index in [1.165, 1.54) is 16.5 Å². The van der Waals surface area contributed by atoms with Crippen LogP contribution < -0.4 is 5.32 Å². The van der Waals surface area contributed by atoms with Crippen LogP contribution in [0.4, 0.5) is 0 Å². The van der Waals surface area contributed by atoms with Gasteiger partial charge in [0.2, 0.25) is 0 Å². The molecule has 0 aliphatic carbocycles. The third-order valence-corrected chi connectivity index (χ3v) is 3.07. The molecule has 0 radical (unpaired) electrons. The molecule has 0 atom stereocenters. The summed E-state index contributed by atoms with van der Waals surface area (Å²) < 4.78 is 2.35. The van der Waals surface area contributed by atoms with E-state index in [1.54, 1.807) is 0 Å². The number of nitrogens with one attached hydrogen (secondary N) is 1. The summed E-state index contributed by atoms with van der Waals surface area (Å²) in [5.41, 5.74) is 2.71. The first-order valence-electron chi connectivity index (χ1n) is 6.43. The molecule has 0 saturated carbocycles. The lowest BCUT2D eigenvalue weighted by Gasteiger charge is -2.09. The maximum absolute atomic E-state index is 3.49. The van der Waals surface area contributed by atoms with Crippen molar-refractivity contribution in [3.8, 4) is 0 Å². The number of benzene rings is 1. The third kappa shape index (κ3) is 2.89. The van der Waals surface area contributed by atoms with E-state index in [4.69, 9.17) is 0 Å². The molecule has 0 aliphatic heterocycles. The molecule has 1 heterocycles. The fraction of sp³-hybridized carbons (Fsp3) is 0.467. The number of hydrogen-bond donors (Lipinski definition) is 1. The van der Waals surface area contributed by atoms with Gasteiger partial charge in [-0.05, 0) is 31.0 Å². The zero-order valence-corrected chi connectivity index (χ0v) is 11.0. The second-order valence-electron chi connectivity index (χ2n) is 5.12. The topological polar surface area (TPSA) is 17.0 Å². The van der Waals surface area contributed by atoms with E-state index in [1.807, 2.05) is 0 Å². The monoisotopic (exact) mass is 230 g/mol. The molecule has 0 unspecified atom stereocenters. The molecule has 1 aromatic heterocycles. The van der Waals surface area contributed by atoms with Gasteiger partial charge >= 0.3 is 0 Å². The molecule has 0 aliphatic rings. The van der Waals surface area contributed by atoms with Crippen LogP contribution in [0, 0.1) is 12.8 Å². The highest BCUT2D eigenvalue weighted by Crippen LogP contribution is 2.19. The van der Waals surface area contributed by atoms with Crippen molar-refractivity contribution >= 4 is 10.9 Å². The summed E-state index contributed by atoms with van der Waals surface area (Å²) in [6.45, 7) is 9.83. The molecule has 2 heteroatoms. The van der Waals surface area contributed by atoms with Crippen LogP contribution in [-0.2, 0) is 6.54 Å². The van der Waals surface area contributed by atoms with Crippen molar-refractivity contribution in [1.82, 2.24) is 9.88 Å². The van der Waals surface area contributed by atoms with Crippen molar-refractivity contribution in [3.63, 3.8) is 0 Å². The SMILES string of the molecule is Cc1cn(CCNCC(C)C)c2ccccc12. The van der Waals surface area contributed by atoms with E-state index in [0.29, 0.717) is 0 Å². The van der Waals surface area contributed by atoms with Gasteiger partial charge in [0.15, 0.2) is 0 Å². The van der Waals surface area contributed by atoms with Crippen molar-refractivity contribution in [1.29, 1.82) is 0 Å². The van der Waals surface area contributed by atoms with Gasteiger partial charge in [-0.3, -0.25) is 0 Å². The highest BCUT2D eigenvalue weighted by atomic mass is 15.0. The van der Waals surface area contributed by atoms with Crippen LogP contribution >= 0.6 is 0 Å². The Labute approximate surface area is 104 Å². The summed E-state index contributed by atoms with van der Waals surface area (Å²) in [4.78, 5) is 0. The molecule has 0 spiro atoms. The minimum absolute atomic E-state index is 0.721. The van der Waals surface area contributed by atoms with Crippen LogP contribution in [0.2, 0.25) is 0 Å². The molecular weight excluding hydrogens is 208 g/mol. The van der Waals surface area contributed by atoms with E-state index in [9.17, 15) is 0 Å². The lowest BCUT2D eigenvalue weighted by atomic mass is 10.2. The van der Waals surface area contributed by atoms with Crippen molar-refractivity contribution in [3.05, 3.63) is 36.0 Å². The standard InChI is InChI=1S/C15H22N2/c1-12(2)10-16-8-9-17-11-13(3)14-6-4-5-7-15(14)17/h4-7,11-12,16H,8-10H2,1-3H3. The summed E-state index contributed by atoms with van der Waals surface area (Å²) in [7, 11) is 0. The number of hydrogen-bond acceptors (Lipinski definition) is 1. The second kappa shape index (κ2) is 5.37. The van der Waals surface area contributed by atoms with Crippen LogP contribution in [0.3, 0.4) is 0 Å². The van der Waals surface area contributed by atoms with Gasteiger partial charge in [-0.1, -0.05) is 32.0 Å². The van der Waals surface area contributed by atoms with Gasteiger partial charge < -0.3 is 9.88 Å². The third-order valence-electron chi connectivity index (χ3n) is 3.07. The van der Waals surface area contributed by atoms with Crippen molar-refractivity contribution in [2.24, 2.45) is 5.92 Å². The normalized spacial score (nSPS) is 11.5. The molecule has 0 fully saturated rings. The van der Waals surface area contributed by atoms with Gasteiger partial charge in [0, 0.05) is 30.2 Å². The average Bonchev–Trinajstić information content (AvgIpc) is 2.63. The van der Waals surface area contributed by atoms with Crippen molar-refractivity contribution in [2.45, 2.75) is 27.3 Å². The number of aromatic nitrogens is 1. The molecule has 0 bridgehead atoms. The van der Waals surface area contributed by atoms with E-state index in [-0.39, 0.29) is 0 Å². The summed E-state index contributed by atoms with van der Waals surface area (Å²) in [6, 6.07) is 8.62. The Morgan fingerprint density at radius 3 is 2.76 bits per heavy atom. The molecular formula is C15H22N2. The highest BCUT2D eigenvalue weighted by molar-refractivity contribution is 5.83. The average molecular weight is 230 g/mol. The van der Waals surface area contributed by atoms with Gasteiger partial charge in [-0.25, -0.2) is 0 Å². The molecule has 1 aromatic carbocycles. The van der Waals surface area contributed by atoms with Crippen LogP contribution in [0.5, 0.6) is 0 Å². The summed E-state index contributed by atoms with van der Waals surface area (Å²) in [5, 5.41) is 4.86. The maximum atomic E-state index is 3.49. The van der Waals surface area contributed by atoms with Crippen LogP contribution in [0.15, 0.2) is 30.5 Å². The zero-order valence-electron chi connectivity index (χ0n) is 11.0. The van der Waals surface area contributed by atoms with Crippen LogP contribution in [0.1, 0.15) is 19.4 Å². The number of fused-ring (bicyclic) bond motifs is 1. The Balaban J connectivity index is 2.04. The van der Waals surface area contributed by atoms with Gasteiger partial charge in [-0.15, -0.1) is 0 Å². The summed E-state index contributed by atoms with van der Waals surface area (Å²) >= 11 is 0. The van der Waals surface area contributed by atoms with Crippen LogP contribution in [0.25, 0.3) is 10.9 Å². The zero-order chi connectivity index (χ0) is 12.3. The molecule has 1 N–H and O–H groups in total. The van der Waals surface area contributed by atoms with E-state index >= 15 is 0 Å². The molecule has 0 amide bonds. The minimum atomic E-state index is 0.721. The number of para-hydroxylation sites is 1. The Kier molecular flexibility index (Phi) is 3.85. The second-order valence-corrected chi connectivity index (χ2v) is 5.12. The largest absolute Gasteiger partial charge is 0.346 e. The van der Waals surface area contributed by atoms with Gasteiger partial charge in [0.1, 0.15) is 0 Å². The molecule has 92 valence electrons. The Bertz CT molecular complexity index is 483. The fourth-order valence-electron chi connectivity index (χ4n) is 2.21. The van der Waals surface area contributed by atoms with E-state index < -0.39 is 0 Å². The quantitative estimate of drug-likeness (QED) is 0.781. The van der Waals surface area contributed by atoms with Gasteiger partial charge in [0.05, 0.1) is 0 Å². The Hall–Kier alpha value is -1.28. The maximum Gasteiger partial charge on any atom is 0.0483 e. The summed E-state index contributed by atoms with van der Waals surface area (Å²) in [5.74, 6) is 0.721. The fourth-order valence-corrected chi connectivity index (χ4v) is 2.21. The lowest BCUT2D eigenvalue weighted by Crippen LogP contribution is -2.23. The summed E-state index contributed by atoms with van der Waals surface area (Å²) in [6.07, 6.45) is 2.25. The first-order valence-corrected chi connectivity index (χ1v) is 6.43. The molecule has 2 nitrogen and oxygen atoms in total. The van der Waals surface area contributed by atoms with E-state index in [0.717, 1.165) is 25.6 Å². The molecule has 2 aromatic rings. The number of rotatable bonds is 5. The minimum Gasteiger partial charge on any atom is -0.346 e. The first-order chi connectivity index (χ1) is 8.18. The van der Waals surface area contributed by atoms with E-state index in [2.05, 4.69) is 61.1 Å². The number of nitrogens with zero attached hydrogens (tertiary/aromatic N) is 1. The Morgan fingerprint density at radius 1 is 1.24 bits per heavy atom. The van der Waals surface area contributed by atoms with Gasteiger partial charge in [0.25, 0.3) is 0 Å². The smallest absolute Gasteiger partial charge is 0.0483 e. The number of aryl methyl sites for hydroxylation is 1. The first kappa shape index (κ1) is 12.2. The molecule has 0 saturated heterocycles. The van der Waals surface area contributed by atoms with Crippen molar-refractivity contribution < 1.29 is 0 Å². The van der Waals surface area contributed by atoms with Crippen LogP contribution in [-0.4, -0.2) is 17.7 Å². The van der Waals surface area contributed by atoms with Crippen molar-refractivity contribution in [2.75, 3.05) is 13.1 Å². The molecule has 2 rings (SSSR count). The molecule has 17 heavy (non-hydrogen) atoms. The highest BCUT2D eigenvalue weighted by Gasteiger charge is 2.03. The predicted octanol–water partition coefficient (Wildman–Crippen LogP) is 3.20. The lowest BCUT2D eigenvalue weighted by molar-refractivity contribution is 0.529. The predicted molar refractivity (Wildman–Crippen MR) is 74.4 cm³/mol. The van der Waals surface area contributed by atoms with Gasteiger partial charge in [-0.2, -0.15) is 0 Å². The Morgan fingerprint density at radius 2 is 2.00 bits per heavy atom.